The number of hydrogen-bond donors (Lipinski definition) is 1. The molecule has 1 aromatic carbocycles. The van der Waals surface area contributed by atoms with E-state index in [1.165, 1.54) is 21.5 Å². The molecule has 0 aliphatic carbocycles. The molecule has 2 N–H and O–H groups in total. The number of aryl methyl sites for hydroxylation is 1. The second-order valence-electron chi connectivity index (χ2n) is 10.6. The summed E-state index contributed by atoms with van der Waals surface area (Å²) in [5.41, 5.74) is 13.1. The summed E-state index contributed by atoms with van der Waals surface area (Å²) in [6.45, 7) is 9.56. The first-order valence-corrected chi connectivity index (χ1v) is 15.0. The zero-order chi connectivity index (χ0) is 26.6. The summed E-state index contributed by atoms with van der Waals surface area (Å²) in [5, 5.41) is 2.09. The van der Waals surface area contributed by atoms with Crippen LogP contribution >= 0.6 is 11.3 Å². The molecule has 1 aliphatic heterocycles. The summed E-state index contributed by atoms with van der Waals surface area (Å²) in [7, 11) is 0. The third-order valence-electron chi connectivity index (χ3n) is 7.79. The average molecular weight is 540 g/mol. The number of nitrogen functional groups attached to an aromatic ring is 1. The highest BCUT2D eigenvalue weighted by molar-refractivity contribution is 7.18. The van der Waals surface area contributed by atoms with Crippen LogP contribution in [-0.4, -0.2) is 62.0 Å². The highest BCUT2D eigenvalue weighted by Gasteiger charge is 2.19. The lowest BCUT2D eigenvalue weighted by atomic mass is 10.1. The molecule has 6 rings (SSSR count). The lowest BCUT2D eigenvalue weighted by Crippen LogP contribution is -2.46. The number of pyridine rings is 2. The lowest BCUT2D eigenvalue weighted by molar-refractivity contribution is 0.128. The van der Waals surface area contributed by atoms with E-state index in [-0.39, 0.29) is 0 Å². The summed E-state index contributed by atoms with van der Waals surface area (Å²) in [4.78, 5) is 19.2. The maximum atomic E-state index is 6.35. The molecular formula is C31H37N7S. The van der Waals surface area contributed by atoms with E-state index in [1.54, 1.807) is 11.3 Å². The van der Waals surface area contributed by atoms with Crippen molar-refractivity contribution < 1.29 is 0 Å². The fourth-order valence-electron chi connectivity index (χ4n) is 5.54. The van der Waals surface area contributed by atoms with E-state index in [2.05, 4.69) is 73.0 Å². The van der Waals surface area contributed by atoms with Gasteiger partial charge in [0.2, 0.25) is 0 Å². The second kappa shape index (κ2) is 11.8. The number of fused-ring (bicyclic) bond motifs is 3. The maximum Gasteiger partial charge on any atom is 0.152 e. The number of imidazole rings is 1. The second-order valence-corrected chi connectivity index (χ2v) is 11.5. The molecule has 0 atom stereocenters. The van der Waals surface area contributed by atoms with Gasteiger partial charge in [0, 0.05) is 70.5 Å². The molecule has 39 heavy (non-hydrogen) atoms. The first-order valence-electron chi connectivity index (χ1n) is 14.1. The van der Waals surface area contributed by atoms with Crippen molar-refractivity contribution in [3.05, 3.63) is 82.8 Å². The molecule has 1 aliphatic rings. The summed E-state index contributed by atoms with van der Waals surface area (Å²) in [6, 6.07) is 17.4. The Kier molecular flexibility index (Phi) is 7.85. The highest BCUT2D eigenvalue weighted by atomic mass is 32.1. The molecule has 1 fully saturated rings. The predicted molar refractivity (Wildman–Crippen MR) is 161 cm³/mol. The molecule has 0 bridgehead atoms. The van der Waals surface area contributed by atoms with Crippen LogP contribution < -0.4 is 5.73 Å². The Balaban J connectivity index is 1.11. The van der Waals surface area contributed by atoms with E-state index in [0.717, 1.165) is 93.9 Å². The maximum absolute atomic E-state index is 6.35. The van der Waals surface area contributed by atoms with Crippen molar-refractivity contribution in [3.63, 3.8) is 0 Å². The van der Waals surface area contributed by atoms with Gasteiger partial charge in [-0.3, -0.25) is 9.88 Å². The fraction of sp³-hybridized carbons (Fsp3) is 0.387. The third-order valence-corrected chi connectivity index (χ3v) is 8.70. The number of benzene rings is 1. The molecule has 5 heterocycles. The summed E-state index contributed by atoms with van der Waals surface area (Å²) >= 11 is 1.72. The van der Waals surface area contributed by atoms with E-state index in [1.807, 2.05) is 18.3 Å². The number of rotatable bonds is 10. The number of piperazine rings is 1. The molecule has 5 aromatic rings. The van der Waals surface area contributed by atoms with Gasteiger partial charge in [-0.25, -0.2) is 9.97 Å². The van der Waals surface area contributed by atoms with Gasteiger partial charge < -0.3 is 15.2 Å². The lowest BCUT2D eigenvalue weighted by Gasteiger charge is -2.34. The van der Waals surface area contributed by atoms with Gasteiger partial charge in [-0.2, -0.15) is 0 Å². The van der Waals surface area contributed by atoms with Crippen LogP contribution in [0, 0.1) is 0 Å². The van der Waals surface area contributed by atoms with Crippen LogP contribution in [0.15, 0.2) is 60.1 Å². The number of anilines is 1. The number of nitrogens with zero attached hydrogens (tertiary/aromatic N) is 6. The topological polar surface area (TPSA) is 76.1 Å². The van der Waals surface area contributed by atoms with Crippen molar-refractivity contribution in [1.29, 1.82) is 0 Å². The van der Waals surface area contributed by atoms with Crippen LogP contribution in [-0.2, 0) is 25.9 Å². The monoisotopic (exact) mass is 539 g/mol. The van der Waals surface area contributed by atoms with Gasteiger partial charge in [-0.15, -0.1) is 11.3 Å². The summed E-state index contributed by atoms with van der Waals surface area (Å²) in [6.07, 6.45) is 6.11. The predicted octanol–water partition coefficient (Wildman–Crippen LogP) is 5.37. The first-order chi connectivity index (χ1) is 19.2. The standard InChI is InChI=1S/C31H37N7S/c1-2-3-7-27-35-28-29(30-26(13-20-39-30)34-31(28)32)38(27)22-24-10-8-23(9-11-24)21-37-18-16-36(17-19-37)15-12-25-6-4-5-14-33-25/h4-6,8-11,13-14,20H,2-3,7,12,15-19,21-22H2,1H3,(H2,32,34). The molecule has 0 spiro atoms. The molecule has 0 saturated carbocycles. The minimum Gasteiger partial charge on any atom is -0.382 e. The Morgan fingerprint density at radius 2 is 1.64 bits per heavy atom. The average Bonchev–Trinajstić information content (AvgIpc) is 3.58. The Labute approximate surface area is 234 Å². The SMILES string of the molecule is CCCCc1nc2c(N)nc3ccsc3c2n1Cc1ccc(CN2CCN(CCc3ccccn3)CC2)cc1. The highest BCUT2D eigenvalue weighted by Crippen LogP contribution is 2.33. The third kappa shape index (κ3) is 5.83. The van der Waals surface area contributed by atoms with Crippen molar-refractivity contribution in [2.75, 3.05) is 38.5 Å². The Bertz CT molecular complexity index is 1520. The van der Waals surface area contributed by atoms with Crippen LogP contribution in [0.2, 0.25) is 0 Å². The van der Waals surface area contributed by atoms with Crippen molar-refractivity contribution in [3.8, 4) is 0 Å². The zero-order valence-corrected chi connectivity index (χ0v) is 23.5. The number of unbranched alkanes of at least 4 members (excludes halogenated alkanes) is 1. The quantitative estimate of drug-likeness (QED) is 0.257. The minimum absolute atomic E-state index is 0.527. The van der Waals surface area contributed by atoms with Gasteiger partial charge in [0.05, 0.1) is 15.7 Å². The summed E-state index contributed by atoms with van der Waals surface area (Å²) < 4.78 is 3.55. The summed E-state index contributed by atoms with van der Waals surface area (Å²) in [5.74, 6) is 1.63. The van der Waals surface area contributed by atoms with E-state index < -0.39 is 0 Å². The van der Waals surface area contributed by atoms with Gasteiger partial charge in [-0.05, 0) is 41.1 Å². The normalized spacial score (nSPS) is 15.0. The number of thiophene rings is 1. The van der Waals surface area contributed by atoms with Crippen molar-refractivity contribution in [2.45, 2.75) is 45.7 Å². The van der Waals surface area contributed by atoms with Gasteiger partial charge >= 0.3 is 0 Å². The number of aromatic nitrogens is 4. The number of hydrogen-bond acceptors (Lipinski definition) is 7. The molecule has 8 heteroatoms. The van der Waals surface area contributed by atoms with Crippen LogP contribution in [0.3, 0.4) is 0 Å². The molecule has 0 amide bonds. The molecular weight excluding hydrogens is 502 g/mol. The van der Waals surface area contributed by atoms with Crippen LogP contribution in [0.1, 0.15) is 42.4 Å². The zero-order valence-electron chi connectivity index (χ0n) is 22.7. The first kappa shape index (κ1) is 25.9. The molecule has 4 aromatic heterocycles. The molecule has 7 nitrogen and oxygen atoms in total. The van der Waals surface area contributed by atoms with Gasteiger partial charge in [0.25, 0.3) is 0 Å². The van der Waals surface area contributed by atoms with Crippen molar-refractivity contribution >= 4 is 38.4 Å². The smallest absolute Gasteiger partial charge is 0.152 e. The van der Waals surface area contributed by atoms with E-state index in [0.29, 0.717) is 5.82 Å². The van der Waals surface area contributed by atoms with Crippen LogP contribution in [0.4, 0.5) is 5.82 Å². The fourth-order valence-corrected chi connectivity index (χ4v) is 6.42. The molecule has 202 valence electrons. The van der Waals surface area contributed by atoms with Gasteiger partial charge in [0.15, 0.2) is 5.82 Å². The van der Waals surface area contributed by atoms with E-state index in [4.69, 9.17) is 10.7 Å². The van der Waals surface area contributed by atoms with Crippen molar-refractivity contribution in [1.82, 2.24) is 29.3 Å². The molecule has 0 radical (unpaired) electrons. The van der Waals surface area contributed by atoms with Gasteiger partial charge in [-0.1, -0.05) is 43.7 Å². The van der Waals surface area contributed by atoms with E-state index >= 15 is 0 Å². The Morgan fingerprint density at radius 3 is 2.38 bits per heavy atom. The van der Waals surface area contributed by atoms with Gasteiger partial charge in [0.1, 0.15) is 11.3 Å². The molecule has 0 unspecified atom stereocenters. The number of nitrogens with two attached hydrogens (primary N) is 1. The van der Waals surface area contributed by atoms with E-state index in [9.17, 15) is 0 Å². The minimum atomic E-state index is 0.527. The molecule has 1 saturated heterocycles. The van der Waals surface area contributed by atoms with Crippen LogP contribution in [0.25, 0.3) is 21.3 Å². The Morgan fingerprint density at radius 1 is 0.872 bits per heavy atom. The van der Waals surface area contributed by atoms with Crippen molar-refractivity contribution in [2.24, 2.45) is 0 Å². The Hall–Kier alpha value is -3.33. The largest absolute Gasteiger partial charge is 0.382 e. The van der Waals surface area contributed by atoms with Crippen LogP contribution in [0.5, 0.6) is 0 Å².